The highest BCUT2D eigenvalue weighted by atomic mass is 35.5. The van der Waals surface area contributed by atoms with E-state index in [1.807, 2.05) is 13.1 Å². The number of hydrogen-bond donors (Lipinski definition) is 1. The van der Waals surface area contributed by atoms with Gasteiger partial charge in [0.15, 0.2) is 0 Å². The van der Waals surface area contributed by atoms with E-state index >= 15 is 0 Å². The van der Waals surface area contributed by atoms with E-state index in [0.29, 0.717) is 19.6 Å². The number of hydrogen-bond acceptors (Lipinski definition) is 3. The van der Waals surface area contributed by atoms with Gasteiger partial charge in [-0.3, -0.25) is 9.79 Å². The minimum Gasteiger partial charge on any atom is -0.376 e. The normalized spacial score (nSPS) is 27.9. The standard InChI is InChI=1S/C24H31ClF2N2O2/c1-23(9-3-4-10-23)21(19-18(26)8-7-17(25)20(19)27)29-22(30)16-6-5-15(11-16)12-28-24(2)13-31-14-24/h7-8,12,15-16,21H,3-6,9-11,13-14H2,1-2H3,(H,29,30)/t15?,16-,21+/m0/s1. The first-order valence-corrected chi connectivity index (χ1v) is 11.7. The average Bonchev–Trinajstić information content (AvgIpc) is 3.37. The highest BCUT2D eigenvalue weighted by Crippen LogP contribution is 2.49. The van der Waals surface area contributed by atoms with Gasteiger partial charge in [-0.05, 0) is 62.5 Å². The van der Waals surface area contributed by atoms with E-state index in [9.17, 15) is 13.6 Å². The Balaban J connectivity index is 1.50. The van der Waals surface area contributed by atoms with Gasteiger partial charge in [0, 0.05) is 17.7 Å². The highest BCUT2D eigenvalue weighted by molar-refractivity contribution is 6.30. The van der Waals surface area contributed by atoms with Crippen molar-refractivity contribution in [2.24, 2.45) is 22.2 Å². The number of halogens is 3. The van der Waals surface area contributed by atoms with Crippen LogP contribution >= 0.6 is 11.6 Å². The van der Waals surface area contributed by atoms with E-state index in [0.717, 1.165) is 38.5 Å². The molecule has 31 heavy (non-hydrogen) atoms. The molecular weight excluding hydrogens is 422 g/mol. The summed E-state index contributed by atoms with van der Waals surface area (Å²) in [4.78, 5) is 17.9. The smallest absolute Gasteiger partial charge is 0.223 e. The van der Waals surface area contributed by atoms with Crippen LogP contribution in [0.5, 0.6) is 0 Å². The summed E-state index contributed by atoms with van der Waals surface area (Å²) in [6, 6.07) is 1.67. The molecule has 1 aromatic rings. The molecule has 3 aliphatic rings. The fraction of sp³-hybridized carbons (Fsp3) is 0.667. The first-order chi connectivity index (χ1) is 14.7. The van der Waals surface area contributed by atoms with Crippen molar-refractivity contribution in [3.8, 4) is 0 Å². The lowest BCUT2D eigenvalue weighted by Crippen LogP contribution is -2.45. The van der Waals surface area contributed by atoms with Crippen LogP contribution in [-0.4, -0.2) is 30.9 Å². The summed E-state index contributed by atoms with van der Waals surface area (Å²) in [6.45, 7) is 5.34. The molecule has 170 valence electrons. The second-order valence-electron chi connectivity index (χ2n) is 10.1. The molecule has 1 aromatic carbocycles. The van der Waals surface area contributed by atoms with Crippen molar-refractivity contribution in [3.05, 3.63) is 34.4 Å². The average molecular weight is 453 g/mol. The molecule has 3 atom stereocenters. The third kappa shape index (κ3) is 4.65. The predicted molar refractivity (Wildman–Crippen MR) is 117 cm³/mol. The molecule has 4 rings (SSSR count). The second-order valence-corrected chi connectivity index (χ2v) is 10.5. The second kappa shape index (κ2) is 8.78. The fourth-order valence-corrected chi connectivity index (χ4v) is 5.45. The number of ether oxygens (including phenoxy) is 1. The number of aliphatic imine (C=N–C) groups is 1. The molecule has 2 aliphatic carbocycles. The molecule has 3 fully saturated rings. The molecule has 2 saturated carbocycles. The van der Waals surface area contributed by atoms with Crippen molar-refractivity contribution in [1.29, 1.82) is 0 Å². The van der Waals surface area contributed by atoms with Gasteiger partial charge in [0.25, 0.3) is 0 Å². The maximum absolute atomic E-state index is 14.9. The molecule has 0 bridgehead atoms. The first-order valence-electron chi connectivity index (χ1n) is 11.3. The Morgan fingerprint density at radius 2 is 1.97 bits per heavy atom. The molecule has 1 heterocycles. The molecule has 1 aliphatic heterocycles. The van der Waals surface area contributed by atoms with Crippen LogP contribution in [0.4, 0.5) is 8.78 Å². The Morgan fingerprint density at radius 3 is 2.61 bits per heavy atom. The number of amides is 1. The third-order valence-electron chi connectivity index (χ3n) is 7.36. The number of benzene rings is 1. The van der Waals surface area contributed by atoms with E-state index < -0.39 is 23.1 Å². The Hall–Kier alpha value is -1.53. The van der Waals surface area contributed by atoms with Crippen molar-refractivity contribution >= 4 is 23.7 Å². The maximum Gasteiger partial charge on any atom is 0.223 e. The van der Waals surface area contributed by atoms with Crippen LogP contribution in [0.25, 0.3) is 0 Å². The quantitative estimate of drug-likeness (QED) is 0.449. The third-order valence-corrected chi connectivity index (χ3v) is 7.66. The number of carbonyl (C=O) groups is 1. The zero-order valence-electron chi connectivity index (χ0n) is 18.2. The summed E-state index contributed by atoms with van der Waals surface area (Å²) in [5.41, 5.74) is -0.649. The predicted octanol–water partition coefficient (Wildman–Crippen LogP) is 5.63. The molecule has 1 saturated heterocycles. The van der Waals surface area contributed by atoms with Crippen molar-refractivity contribution in [2.45, 2.75) is 70.4 Å². The van der Waals surface area contributed by atoms with Crippen molar-refractivity contribution < 1.29 is 18.3 Å². The molecular formula is C24H31ClF2N2O2. The molecule has 1 N–H and O–H groups in total. The molecule has 0 radical (unpaired) electrons. The summed E-state index contributed by atoms with van der Waals surface area (Å²) in [7, 11) is 0. The van der Waals surface area contributed by atoms with Crippen LogP contribution in [0.3, 0.4) is 0 Å². The molecule has 4 nitrogen and oxygen atoms in total. The van der Waals surface area contributed by atoms with Crippen LogP contribution in [0.2, 0.25) is 5.02 Å². The Morgan fingerprint density at radius 1 is 1.26 bits per heavy atom. The van der Waals surface area contributed by atoms with Gasteiger partial charge >= 0.3 is 0 Å². The Labute approximate surface area is 187 Å². The summed E-state index contributed by atoms with van der Waals surface area (Å²) < 4.78 is 34.9. The van der Waals surface area contributed by atoms with Gasteiger partial charge in [-0.1, -0.05) is 31.4 Å². The van der Waals surface area contributed by atoms with Crippen molar-refractivity contribution in [1.82, 2.24) is 5.32 Å². The minimum absolute atomic E-state index is 0.112. The minimum atomic E-state index is -0.771. The highest BCUT2D eigenvalue weighted by Gasteiger charge is 2.43. The van der Waals surface area contributed by atoms with Gasteiger partial charge in [-0.15, -0.1) is 0 Å². The largest absolute Gasteiger partial charge is 0.376 e. The van der Waals surface area contributed by atoms with Crippen LogP contribution in [-0.2, 0) is 9.53 Å². The SMILES string of the molecule is CC1(N=CC2CC[C@H](C(=O)N[C@H](c3c(F)ccc(Cl)c3F)C3(C)CCCC3)C2)COC1. The molecule has 0 spiro atoms. The molecule has 0 aromatic heterocycles. The fourth-order valence-electron chi connectivity index (χ4n) is 5.28. The lowest BCUT2D eigenvalue weighted by molar-refractivity contribution is -0.126. The van der Waals surface area contributed by atoms with Crippen LogP contribution in [0, 0.1) is 28.9 Å². The van der Waals surface area contributed by atoms with Gasteiger partial charge in [-0.2, -0.15) is 0 Å². The number of nitrogens with one attached hydrogen (secondary N) is 1. The number of nitrogens with zero attached hydrogens (tertiary/aromatic N) is 1. The van der Waals surface area contributed by atoms with Crippen LogP contribution < -0.4 is 5.32 Å². The van der Waals surface area contributed by atoms with Gasteiger partial charge in [0.2, 0.25) is 5.91 Å². The Bertz CT molecular complexity index is 865. The Kier molecular flexibility index (Phi) is 6.42. The van der Waals surface area contributed by atoms with Gasteiger partial charge in [0.1, 0.15) is 17.2 Å². The topological polar surface area (TPSA) is 50.7 Å². The summed E-state index contributed by atoms with van der Waals surface area (Å²) >= 11 is 5.98. The van der Waals surface area contributed by atoms with E-state index in [1.54, 1.807) is 0 Å². The molecule has 7 heteroatoms. The van der Waals surface area contributed by atoms with E-state index in [4.69, 9.17) is 16.3 Å². The lowest BCUT2D eigenvalue weighted by atomic mass is 9.76. The molecule has 1 amide bonds. The van der Waals surface area contributed by atoms with Crippen molar-refractivity contribution in [2.75, 3.05) is 13.2 Å². The monoisotopic (exact) mass is 452 g/mol. The van der Waals surface area contributed by atoms with E-state index in [2.05, 4.69) is 17.2 Å². The van der Waals surface area contributed by atoms with Gasteiger partial charge < -0.3 is 10.1 Å². The van der Waals surface area contributed by atoms with Crippen LogP contribution in [0.1, 0.15) is 70.4 Å². The zero-order chi connectivity index (χ0) is 22.2. The maximum atomic E-state index is 14.9. The zero-order valence-corrected chi connectivity index (χ0v) is 19.0. The lowest BCUT2D eigenvalue weighted by Gasteiger charge is -2.36. The molecule has 1 unspecified atom stereocenters. The van der Waals surface area contributed by atoms with E-state index in [1.165, 1.54) is 12.1 Å². The number of rotatable bonds is 6. The number of carbonyl (C=O) groups excluding carboxylic acids is 1. The summed E-state index contributed by atoms with van der Waals surface area (Å²) in [5, 5.41) is 2.92. The van der Waals surface area contributed by atoms with Gasteiger partial charge in [-0.25, -0.2) is 8.78 Å². The van der Waals surface area contributed by atoms with Crippen molar-refractivity contribution in [3.63, 3.8) is 0 Å². The summed E-state index contributed by atoms with van der Waals surface area (Å²) in [5.74, 6) is -1.50. The first kappa shape index (κ1) is 22.7. The summed E-state index contributed by atoms with van der Waals surface area (Å²) in [6.07, 6.45) is 7.90. The van der Waals surface area contributed by atoms with Crippen LogP contribution in [0.15, 0.2) is 17.1 Å². The van der Waals surface area contributed by atoms with E-state index in [-0.39, 0.29) is 33.9 Å². The van der Waals surface area contributed by atoms with Gasteiger partial charge in [0.05, 0.1) is 24.3 Å².